The molecule has 2 nitrogen and oxygen atoms in total. The quantitative estimate of drug-likeness (QED) is 0.871. The van der Waals surface area contributed by atoms with Gasteiger partial charge in [0.05, 0.1) is 5.92 Å². The van der Waals surface area contributed by atoms with Gasteiger partial charge in [-0.15, -0.1) is 0 Å². The molecule has 22 heavy (non-hydrogen) atoms. The molecule has 1 saturated carbocycles. The zero-order valence-electron chi connectivity index (χ0n) is 12.2. The summed E-state index contributed by atoms with van der Waals surface area (Å²) in [5.41, 5.74) is 1.78. The summed E-state index contributed by atoms with van der Waals surface area (Å²) in [6.45, 7) is 0. The number of rotatable bonds is 3. The monoisotopic (exact) mass is 290 g/mol. The first-order valence-corrected chi connectivity index (χ1v) is 7.76. The van der Waals surface area contributed by atoms with E-state index < -0.39 is 17.3 Å². The van der Waals surface area contributed by atoms with Crippen molar-refractivity contribution < 1.29 is 9.90 Å². The van der Waals surface area contributed by atoms with Crippen LogP contribution in [0.2, 0.25) is 0 Å². The first kappa shape index (κ1) is 13.3. The van der Waals surface area contributed by atoms with Crippen molar-refractivity contribution in [3.8, 4) is 0 Å². The summed E-state index contributed by atoms with van der Waals surface area (Å²) in [5, 5.41) is 9.96. The van der Waals surface area contributed by atoms with Crippen molar-refractivity contribution in [1.82, 2.24) is 0 Å². The second kappa shape index (κ2) is 4.84. The summed E-state index contributed by atoms with van der Waals surface area (Å²) in [6.07, 6.45) is 5.26. The number of fused-ring (bicyclic) bond motifs is 2. The van der Waals surface area contributed by atoms with Gasteiger partial charge >= 0.3 is 5.97 Å². The number of allylic oxidation sites excluding steroid dienone is 2. The smallest absolute Gasteiger partial charge is 0.308 e. The van der Waals surface area contributed by atoms with Gasteiger partial charge in [0, 0.05) is 5.41 Å². The van der Waals surface area contributed by atoms with Crippen LogP contribution in [0, 0.1) is 17.8 Å². The van der Waals surface area contributed by atoms with E-state index in [9.17, 15) is 9.90 Å². The average Bonchev–Trinajstić information content (AvgIpc) is 3.16. The third-order valence-corrected chi connectivity index (χ3v) is 5.39. The zero-order valence-corrected chi connectivity index (χ0v) is 12.2. The molecule has 2 bridgehead atoms. The molecule has 0 saturated heterocycles. The molecule has 110 valence electrons. The third kappa shape index (κ3) is 1.64. The van der Waals surface area contributed by atoms with Gasteiger partial charge in [0.1, 0.15) is 0 Å². The van der Waals surface area contributed by atoms with E-state index in [2.05, 4.69) is 36.4 Å². The molecule has 2 heteroatoms. The highest BCUT2D eigenvalue weighted by molar-refractivity contribution is 5.77. The molecule has 0 aliphatic heterocycles. The molecule has 0 spiro atoms. The summed E-state index contributed by atoms with van der Waals surface area (Å²) in [7, 11) is 0. The fraction of sp³-hybridized carbons (Fsp3) is 0.250. The Bertz CT molecular complexity index is 678. The van der Waals surface area contributed by atoms with Crippen molar-refractivity contribution >= 4 is 5.97 Å². The predicted octanol–water partition coefficient (Wildman–Crippen LogP) is 3.88. The summed E-state index contributed by atoms with van der Waals surface area (Å²) >= 11 is 0. The molecule has 2 aromatic carbocycles. The number of carboxylic acids is 1. The van der Waals surface area contributed by atoms with Crippen molar-refractivity contribution in [2.45, 2.75) is 11.8 Å². The Kier molecular flexibility index (Phi) is 2.93. The average molecular weight is 290 g/mol. The maximum atomic E-state index is 12.1. The molecule has 3 atom stereocenters. The molecule has 1 N–H and O–H groups in total. The van der Waals surface area contributed by atoms with Crippen molar-refractivity contribution in [1.29, 1.82) is 0 Å². The molecule has 3 unspecified atom stereocenters. The van der Waals surface area contributed by atoms with Crippen molar-refractivity contribution in [2.75, 3.05) is 0 Å². The van der Waals surface area contributed by atoms with Gasteiger partial charge in [0.15, 0.2) is 0 Å². The minimum Gasteiger partial charge on any atom is -0.481 e. The lowest BCUT2D eigenvalue weighted by Crippen LogP contribution is -2.44. The minimum atomic E-state index is -0.690. The summed E-state index contributed by atoms with van der Waals surface area (Å²) < 4.78 is 0. The van der Waals surface area contributed by atoms with Crippen LogP contribution < -0.4 is 0 Å². The van der Waals surface area contributed by atoms with Gasteiger partial charge in [-0.05, 0) is 29.4 Å². The van der Waals surface area contributed by atoms with E-state index in [0.717, 1.165) is 17.5 Å². The SMILES string of the molecule is O=C(O)C1C2C=CC(C2)C1(c1ccccc1)c1ccccc1. The summed E-state index contributed by atoms with van der Waals surface area (Å²) in [4.78, 5) is 12.1. The van der Waals surface area contributed by atoms with Crippen LogP contribution in [0.5, 0.6) is 0 Å². The highest BCUT2D eigenvalue weighted by Crippen LogP contribution is 2.60. The third-order valence-electron chi connectivity index (χ3n) is 5.39. The van der Waals surface area contributed by atoms with Crippen LogP contribution in [-0.4, -0.2) is 11.1 Å². The van der Waals surface area contributed by atoms with Gasteiger partial charge in [-0.2, -0.15) is 0 Å². The number of carboxylic acid groups (broad SMARTS) is 1. The highest BCUT2D eigenvalue weighted by atomic mass is 16.4. The zero-order chi connectivity index (χ0) is 15.2. The van der Waals surface area contributed by atoms with Gasteiger partial charge in [0.2, 0.25) is 0 Å². The number of benzene rings is 2. The van der Waals surface area contributed by atoms with Crippen LogP contribution in [0.1, 0.15) is 17.5 Å². The Morgan fingerprint density at radius 2 is 1.45 bits per heavy atom. The Morgan fingerprint density at radius 3 is 1.95 bits per heavy atom. The molecular weight excluding hydrogens is 272 g/mol. The minimum absolute atomic E-state index is 0.128. The number of carbonyl (C=O) groups is 1. The van der Waals surface area contributed by atoms with Crippen molar-refractivity contribution in [3.05, 3.63) is 83.9 Å². The first-order valence-electron chi connectivity index (χ1n) is 7.76. The molecule has 1 fully saturated rings. The van der Waals surface area contributed by atoms with E-state index >= 15 is 0 Å². The molecular formula is C20H18O2. The number of hydrogen-bond acceptors (Lipinski definition) is 1. The van der Waals surface area contributed by atoms with Gasteiger partial charge in [0.25, 0.3) is 0 Å². The topological polar surface area (TPSA) is 37.3 Å². The largest absolute Gasteiger partial charge is 0.481 e. The molecule has 2 aliphatic rings. The second-order valence-corrected chi connectivity index (χ2v) is 6.31. The van der Waals surface area contributed by atoms with Crippen molar-refractivity contribution in [2.24, 2.45) is 17.8 Å². The van der Waals surface area contributed by atoms with Crippen LogP contribution >= 0.6 is 0 Å². The maximum Gasteiger partial charge on any atom is 0.308 e. The van der Waals surface area contributed by atoms with Crippen LogP contribution in [0.25, 0.3) is 0 Å². The van der Waals surface area contributed by atoms with E-state index in [4.69, 9.17) is 0 Å². The fourth-order valence-corrected chi connectivity index (χ4v) is 4.64. The maximum absolute atomic E-state index is 12.1. The molecule has 0 radical (unpaired) electrons. The molecule has 0 aromatic heterocycles. The van der Waals surface area contributed by atoms with Crippen molar-refractivity contribution in [3.63, 3.8) is 0 Å². The van der Waals surface area contributed by atoms with Gasteiger partial charge in [-0.1, -0.05) is 72.8 Å². The van der Waals surface area contributed by atoms with E-state index in [1.54, 1.807) is 0 Å². The molecule has 0 heterocycles. The van der Waals surface area contributed by atoms with E-state index in [0.29, 0.717) is 0 Å². The highest BCUT2D eigenvalue weighted by Gasteiger charge is 2.60. The van der Waals surface area contributed by atoms with Gasteiger partial charge in [-0.25, -0.2) is 0 Å². The molecule has 2 aliphatic carbocycles. The van der Waals surface area contributed by atoms with Crippen LogP contribution in [0.15, 0.2) is 72.8 Å². The number of hydrogen-bond donors (Lipinski definition) is 1. The summed E-state index contributed by atoms with van der Waals surface area (Å²) in [5.74, 6) is -0.705. The summed E-state index contributed by atoms with van der Waals surface area (Å²) in [6, 6.07) is 20.3. The lowest BCUT2D eigenvalue weighted by molar-refractivity contribution is -0.144. The van der Waals surface area contributed by atoms with E-state index in [1.807, 2.05) is 36.4 Å². The molecule has 0 amide bonds. The van der Waals surface area contributed by atoms with E-state index in [-0.39, 0.29) is 11.8 Å². The Morgan fingerprint density at radius 1 is 0.909 bits per heavy atom. The second-order valence-electron chi connectivity index (χ2n) is 6.31. The Balaban J connectivity index is 2.01. The van der Waals surface area contributed by atoms with E-state index in [1.165, 1.54) is 0 Å². The first-order chi connectivity index (χ1) is 10.7. The lowest BCUT2D eigenvalue weighted by Gasteiger charge is -2.41. The molecule has 2 aromatic rings. The Hall–Kier alpha value is -2.35. The Labute approximate surface area is 130 Å². The van der Waals surface area contributed by atoms with Gasteiger partial charge in [-0.3, -0.25) is 4.79 Å². The number of aliphatic carboxylic acids is 1. The van der Waals surface area contributed by atoms with Crippen LogP contribution in [0.4, 0.5) is 0 Å². The normalized spacial score (nSPS) is 27.9. The predicted molar refractivity (Wildman–Crippen MR) is 85.5 cm³/mol. The van der Waals surface area contributed by atoms with Crippen LogP contribution in [0.3, 0.4) is 0 Å². The van der Waals surface area contributed by atoms with Gasteiger partial charge < -0.3 is 5.11 Å². The van der Waals surface area contributed by atoms with Crippen LogP contribution in [-0.2, 0) is 10.2 Å². The lowest BCUT2D eigenvalue weighted by atomic mass is 9.60. The standard InChI is InChI=1S/C20H18O2/c21-19(22)18-14-11-12-17(13-14)20(18,15-7-3-1-4-8-15)16-9-5-2-6-10-16/h1-12,14,17-18H,13H2,(H,21,22). The fourth-order valence-electron chi connectivity index (χ4n) is 4.64. The molecule has 4 rings (SSSR count).